The Hall–Kier alpha value is -1.10. The van der Waals surface area contributed by atoms with Gasteiger partial charge >= 0.3 is 0 Å². The minimum absolute atomic E-state index is 0.402. The van der Waals surface area contributed by atoms with E-state index in [9.17, 15) is 5.11 Å². The van der Waals surface area contributed by atoms with Crippen molar-refractivity contribution < 1.29 is 9.84 Å². The average molecular weight is 278 g/mol. The van der Waals surface area contributed by atoms with Crippen LogP contribution >= 0.6 is 0 Å². The number of likely N-dealkylation sites (N-methyl/N-ethyl adjacent to an activating group) is 1. The first-order valence-corrected chi connectivity index (χ1v) is 7.38. The zero-order chi connectivity index (χ0) is 14.4. The lowest BCUT2D eigenvalue weighted by Gasteiger charge is -2.39. The minimum Gasteiger partial charge on any atom is -0.389 e. The van der Waals surface area contributed by atoms with Gasteiger partial charge in [-0.3, -0.25) is 4.90 Å². The van der Waals surface area contributed by atoms with E-state index < -0.39 is 6.10 Å². The van der Waals surface area contributed by atoms with Crippen molar-refractivity contribution in [3.63, 3.8) is 0 Å². The lowest BCUT2D eigenvalue weighted by Crippen LogP contribution is -2.49. The van der Waals surface area contributed by atoms with Crippen LogP contribution in [-0.4, -0.2) is 62.6 Å². The molecule has 1 aromatic carbocycles. The highest BCUT2D eigenvalue weighted by Gasteiger charge is 2.24. The van der Waals surface area contributed by atoms with Crippen LogP contribution in [0.2, 0.25) is 0 Å². The topological polar surface area (TPSA) is 35.9 Å². The molecule has 0 unspecified atom stereocenters. The molecule has 1 fully saturated rings. The van der Waals surface area contributed by atoms with Gasteiger partial charge in [-0.15, -0.1) is 0 Å². The number of para-hydroxylation sites is 1. The molecule has 0 saturated carbocycles. The molecule has 2 atom stereocenters. The summed E-state index contributed by atoms with van der Waals surface area (Å²) in [5.41, 5.74) is 1.29. The molecule has 20 heavy (non-hydrogen) atoms. The first-order valence-electron chi connectivity index (χ1n) is 7.38. The lowest BCUT2D eigenvalue weighted by molar-refractivity contribution is 0.0326. The van der Waals surface area contributed by atoms with Crippen LogP contribution < -0.4 is 4.90 Å². The van der Waals surface area contributed by atoms with Crippen LogP contribution in [0.1, 0.15) is 12.8 Å². The molecule has 1 saturated heterocycles. The smallest absolute Gasteiger partial charge is 0.0900 e. The number of hydrogen-bond acceptors (Lipinski definition) is 4. The van der Waals surface area contributed by atoms with Crippen LogP contribution in [0, 0.1) is 0 Å². The molecule has 1 aliphatic rings. The molecule has 1 aliphatic heterocycles. The zero-order valence-corrected chi connectivity index (χ0v) is 12.5. The van der Waals surface area contributed by atoms with Crippen molar-refractivity contribution in [3.8, 4) is 0 Å². The zero-order valence-electron chi connectivity index (χ0n) is 12.5. The summed E-state index contributed by atoms with van der Waals surface area (Å²) in [6, 6.07) is 11.1. The van der Waals surface area contributed by atoms with Crippen LogP contribution in [-0.2, 0) is 4.74 Å². The van der Waals surface area contributed by atoms with Crippen molar-refractivity contribution in [1.82, 2.24) is 4.90 Å². The van der Waals surface area contributed by atoms with Gasteiger partial charge in [0.25, 0.3) is 0 Å². The monoisotopic (exact) mass is 278 g/mol. The van der Waals surface area contributed by atoms with E-state index in [4.69, 9.17) is 4.74 Å². The van der Waals surface area contributed by atoms with Gasteiger partial charge in [-0.05, 0) is 32.0 Å². The Balaban J connectivity index is 1.90. The highest BCUT2D eigenvalue weighted by atomic mass is 16.5. The number of anilines is 1. The third kappa shape index (κ3) is 4.20. The number of aliphatic hydroxyl groups is 1. The molecule has 2 rings (SSSR count). The quantitative estimate of drug-likeness (QED) is 0.857. The predicted octanol–water partition coefficient (Wildman–Crippen LogP) is 1.59. The standard InChI is InChI=1S/C16H26N2O2/c1-17(12-16(19)13-20-2)15-9-6-10-18(11-15)14-7-4-3-5-8-14/h3-5,7-8,15-16,19H,6,9-13H2,1-2H3/t15-,16-/m1/s1. The van der Waals surface area contributed by atoms with E-state index in [2.05, 4.69) is 47.2 Å². The number of methoxy groups -OCH3 is 1. The third-order valence-electron chi connectivity index (χ3n) is 4.00. The molecular formula is C16H26N2O2. The van der Waals surface area contributed by atoms with Crippen molar-refractivity contribution in [2.24, 2.45) is 0 Å². The van der Waals surface area contributed by atoms with Crippen molar-refractivity contribution >= 4 is 5.69 Å². The summed E-state index contributed by atoms with van der Waals surface area (Å²) in [7, 11) is 3.72. The summed E-state index contributed by atoms with van der Waals surface area (Å²) in [5.74, 6) is 0. The van der Waals surface area contributed by atoms with Crippen LogP contribution in [0.3, 0.4) is 0 Å². The minimum atomic E-state index is -0.405. The van der Waals surface area contributed by atoms with Gasteiger partial charge < -0.3 is 14.7 Å². The average Bonchev–Trinajstić information content (AvgIpc) is 2.48. The van der Waals surface area contributed by atoms with Crippen molar-refractivity contribution in [3.05, 3.63) is 30.3 Å². The highest BCUT2D eigenvalue weighted by molar-refractivity contribution is 5.46. The number of hydrogen-bond donors (Lipinski definition) is 1. The van der Waals surface area contributed by atoms with Gasteiger partial charge in [0, 0.05) is 38.5 Å². The molecule has 0 amide bonds. The molecule has 0 aliphatic carbocycles. The molecule has 0 spiro atoms. The van der Waals surface area contributed by atoms with E-state index >= 15 is 0 Å². The van der Waals surface area contributed by atoms with Crippen molar-refractivity contribution in [1.29, 1.82) is 0 Å². The SMILES string of the molecule is COC[C@H](O)CN(C)[C@@H]1CCCN(c2ccccc2)C1. The van der Waals surface area contributed by atoms with Crippen molar-refractivity contribution in [2.45, 2.75) is 25.0 Å². The van der Waals surface area contributed by atoms with E-state index in [-0.39, 0.29) is 0 Å². The lowest BCUT2D eigenvalue weighted by atomic mass is 10.0. The van der Waals surface area contributed by atoms with E-state index in [1.54, 1.807) is 7.11 Å². The van der Waals surface area contributed by atoms with Crippen LogP contribution in [0.15, 0.2) is 30.3 Å². The van der Waals surface area contributed by atoms with E-state index in [1.807, 2.05) is 0 Å². The van der Waals surface area contributed by atoms with E-state index in [0.717, 1.165) is 13.1 Å². The van der Waals surface area contributed by atoms with Gasteiger partial charge in [0.05, 0.1) is 12.7 Å². The second-order valence-electron chi connectivity index (χ2n) is 5.63. The first-order chi connectivity index (χ1) is 9.70. The van der Waals surface area contributed by atoms with Crippen LogP contribution in [0.25, 0.3) is 0 Å². The third-order valence-corrected chi connectivity index (χ3v) is 4.00. The van der Waals surface area contributed by atoms with Gasteiger partial charge in [-0.1, -0.05) is 18.2 Å². The Kier molecular flexibility index (Phi) is 5.83. The maximum Gasteiger partial charge on any atom is 0.0900 e. The predicted molar refractivity (Wildman–Crippen MR) is 82.2 cm³/mol. The van der Waals surface area contributed by atoms with Crippen LogP contribution in [0.4, 0.5) is 5.69 Å². The first kappa shape index (κ1) is 15.3. The molecular weight excluding hydrogens is 252 g/mol. The molecule has 112 valence electrons. The second kappa shape index (κ2) is 7.62. The van der Waals surface area contributed by atoms with Gasteiger partial charge in [-0.25, -0.2) is 0 Å². The van der Waals surface area contributed by atoms with Gasteiger partial charge in [0.15, 0.2) is 0 Å². The summed E-state index contributed by atoms with van der Waals surface area (Å²) >= 11 is 0. The number of benzene rings is 1. The van der Waals surface area contributed by atoms with E-state index in [1.165, 1.54) is 18.5 Å². The normalized spacial score (nSPS) is 21.2. The molecule has 0 bridgehead atoms. The summed E-state index contributed by atoms with van der Waals surface area (Å²) in [6.07, 6.45) is 1.99. The van der Waals surface area contributed by atoms with Gasteiger partial charge in [0.1, 0.15) is 0 Å². The molecule has 1 N–H and O–H groups in total. The molecule has 1 heterocycles. The summed E-state index contributed by atoms with van der Waals surface area (Å²) in [6.45, 7) is 3.22. The molecule has 1 aromatic rings. The van der Waals surface area contributed by atoms with Crippen LogP contribution in [0.5, 0.6) is 0 Å². The maximum atomic E-state index is 9.85. The molecule has 4 nitrogen and oxygen atoms in total. The number of piperidine rings is 1. The number of aliphatic hydroxyl groups excluding tert-OH is 1. The second-order valence-corrected chi connectivity index (χ2v) is 5.63. The fraction of sp³-hybridized carbons (Fsp3) is 0.625. The van der Waals surface area contributed by atoms with Gasteiger partial charge in [-0.2, -0.15) is 0 Å². The molecule has 4 heteroatoms. The summed E-state index contributed by atoms with van der Waals surface area (Å²) in [4.78, 5) is 4.70. The summed E-state index contributed by atoms with van der Waals surface area (Å²) in [5, 5.41) is 9.85. The Morgan fingerprint density at radius 1 is 1.40 bits per heavy atom. The Morgan fingerprint density at radius 3 is 2.85 bits per heavy atom. The Labute approximate surface area is 122 Å². The number of nitrogens with zero attached hydrogens (tertiary/aromatic N) is 2. The number of rotatable bonds is 6. The van der Waals surface area contributed by atoms with E-state index in [0.29, 0.717) is 19.2 Å². The summed E-state index contributed by atoms with van der Waals surface area (Å²) < 4.78 is 5.00. The number of ether oxygens (including phenoxy) is 1. The fourth-order valence-corrected chi connectivity index (χ4v) is 2.91. The molecule has 0 radical (unpaired) electrons. The van der Waals surface area contributed by atoms with Gasteiger partial charge in [0.2, 0.25) is 0 Å². The van der Waals surface area contributed by atoms with Crippen molar-refractivity contribution in [2.75, 3.05) is 45.3 Å². The Morgan fingerprint density at radius 2 is 2.15 bits per heavy atom. The largest absolute Gasteiger partial charge is 0.389 e. The fourth-order valence-electron chi connectivity index (χ4n) is 2.91. The molecule has 0 aromatic heterocycles. The maximum absolute atomic E-state index is 9.85. The Bertz CT molecular complexity index is 385. The highest BCUT2D eigenvalue weighted by Crippen LogP contribution is 2.21.